The van der Waals surface area contributed by atoms with E-state index in [9.17, 15) is 9.59 Å². The highest BCUT2D eigenvalue weighted by Gasteiger charge is 2.37. The summed E-state index contributed by atoms with van der Waals surface area (Å²) in [5, 5.41) is 2.01. The second-order valence-corrected chi connectivity index (χ2v) is 8.05. The molecule has 0 radical (unpaired) electrons. The Kier molecular flexibility index (Phi) is 4.20. The van der Waals surface area contributed by atoms with Gasteiger partial charge in [0.1, 0.15) is 6.04 Å². The minimum atomic E-state index is -0.495. The summed E-state index contributed by atoms with van der Waals surface area (Å²) in [6, 6.07) is 11.5. The summed E-state index contributed by atoms with van der Waals surface area (Å²) in [4.78, 5) is 29.6. The van der Waals surface area contributed by atoms with Gasteiger partial charge in [0.15, 0.2) is 0 Å². The monoisotopic (exact) mass is 354 g/mol. The Morgan fingerprint density at radius 2 is 1.88 bits per heavy atom. The van der Waals surface area contributed by atoms with Gasteiger partial charge < -0.3 is 4.90 Å². The first-order chi connectivity index (χ1) is 12.1. The third-order valence-corrected chi connectivity index (χ3v) is 6.47. The molecule has 4 rings (SSSR count). The molecule has 2 heterocycles. The smallest absolute Gasteiger partial charge is 0.259 e. The summed E-state index contributed by atoms with van der Waals surface area (Å²) in [7, 11) is 1.88. The Morgan fingerprint density at radius 3 is 2.60 bits per heavy atom. The number of likely N-dealkylation sites (N-methyl/N-ethyl adjacent to an activating group) is 1. The van der Waals surface area contributed by atoms with Crippen LogP contribution in [0.25, 0.3) is 10.8 Å². The molecule has 0 N–H and O–H groups in total. The number of anilines is 1. The summed E-state index contributed by atoms with van der Waals surface area (Å²) in [5.74, 6) is 2.16. The van der Waals surface area contributed by atoms with Crippen LogP contribution in [-0.4, -0.2) is 47.4 Å². The fourth-order valence-corrected chi connectivity index (χ4v) is 5.06. The first kappa shape index (κ1) is 16.5. The van der Waals surface area contributed by atoms with Gasteiger partial charge in [0.25, 0.3) is 5.91 Å². The largest absolute Gasteiger partial charge is 0.341 e. The van der Waals surface area contributed by atoms with Crippen molar-refractivity contribution in [1.82, 2.24) is 4.90 Å². The van der Waals surface area contributed by atoms with E-state index in [0.29, 0.717) is 5.56 Å². The van der Waals surface area contributed by atoms with Gasteiger partial charge in [-0.15, -0.1) is 0 Å². The van der Waals surface area contributed by atoms with Gasteiger partial charge in [0, 0.05) is 24.0 Å². The zero-order chi connectivity index (χ0) is 17.6. The Hall–Kier alpha value is -2.01. The number of nitrogens with zero attached hydrogens (tertiary/aromatic N) is 2. The van der Waals surface area contributed by atoms with Crippen LogP contribution in [0.4, 0.5) is 5.69 Å². The van der Waals surface area contributed by atoms with E-state index in [1.54, 1.807) is 4.90 Å². The maximum Gasteiger partial charge on any atom is 0.259 e. The molecule has 1 saturated heterocycles. The van der Waals surface area contributed by atoms with Gasteiger partial charge in [-0.3, -0.25) is 14.5 Å². The van der Waals surface area contributed by atoms with Crippen molar-refractivity contribution in [2.75, 3.05) is 23.5 Å². The number of carbonyl (C=O) groups is 2. The number of carbonyl (C=O) groups excluding carboxylic acids is 2. The van der Waals surface area contributed by atoms with Crippen LogP contribution in [0.15, 0.2) is 36.4 Å². The first-order valence-electron chi connectivity index (χ1n) is 8.79. The van der Waals surface area contributed by atoms with Crippen molar-refractivity contribution in [3.05, 3.63) is 42.0 Å². The van der Waals surface area contributed by atoms with Crippen LogP contribution >= 0.6 is 11.8 Å². The topological polar surface area (TPSA) is 40.6 Å². The van der Waals surface area contributed by atoms with Crippen molar-refractivity contribution < 1.29 is 9.59 Å². The number of hydrogen-bond acceptors (Lipinski definition) is 3. The number of benzene rings is 2. The Bertz CT molecular complexity index is 839. The highest BCUT2D eigenvalue weighted by Crippen LogP contribution is 2.38. The Balaban J connectivity index is 1.65. The third kappa shape index (κ3) is 2.61. The van der Waals surface area contributed by atoms with E-state index in [-0.39, 0.29) is 17.9 Å². The normalized spacial score (nSPS) is 18.6. The fraction of sp³-hybridized carbons (Fsp3) is 0.400. The lowest BCUT2D eigenvalue weighted by Crippen LogP contribution is -2.51. The van der Waals surface area contributed by atoms with E-state index >= 15 is 0 Å². The highest BCUT2D eigenvalue weighted by atomic mass is 32.2. The molecule has 1 fully saturated rings. The van der Waals surface area contributed by atoms with E-state index in [0.717, 1.165) is 40.8 Å². The number of rotatable bonds is 3. The number of thioether (sulfide) groups is 1. The minimum Gasteiger partial charge on any atom is -0.341 e. The maximum atomic E-state index is 13.1. The van der Waals surface area contributed by atoms with Crippen molar-refractivity contribution in [2.45, 2.75) is 31.8 Å². The van der Waals surface area contributed by atoms with Crippen LogP contribution in [0.3, 0.4) is 0 Å². The molecule has 2 aliphatic heterocycles. The van der Waals surface area contributed by atoms with Gasteiger partial charge in [0.2, 0.25) is 5.91 Å². The summed E-state index contributed by atoms with van der Waals surface area (Å²) in [6.45, 7) is 1.85. The van der Waals surface area contributed by atoms with Crippen LogP contribution in [0.1, 0.15) is 30.1 Å². The summed E-state index contributed by atoms with van der Waals surface area (Å²) < 4.78 is 0. The molecular formula is C20H22N2O2S. The lowest BCUT2D eigenvalue weighted by molar-refractivity contribution is -0.133. The van der Waals surface area contributed by atoms with Gasteiger partial charge in [-0.05, 0) is 48.8 Å². The molecular weight excluding hydrogens is 332 g/mol. The maximum absolute atomic E-state index is 13.1. The predicted molar refractivity (Wildman–Crippen MR) is 103 cm³/mol. The second kappa shape index (κ2) is 6.37. The zero-order valence-electron chi connectivity index (χ0n) is 14.6. The molecule has 0 aromatic heterocycles. The third-order valence-electron chi connectivity index (χ3n) is 5.42. The standard InChI is InChI=1S/C20H22N2O2S/c1-13(19(23)21(2)15-9-11-25-12-10-15)22-17-8-4-6-14-5-3-7-16(18(14)17)20(22)24/h3-8,13,15H,9-12H2,1-2H3/t13-/m0/s1. The van der Waals surface area contributed by atoms with E-state index in [4.69, 9.17) is 0 Å². The van der Waals surface area contributed by atoms with Crippen LogP contribution in [0.5, 0.6) is 0 Å². The predicted octanol–water partition coefficient (Wildman–Crippen LogP) is 3.54. The molecule has 2 aliphatic rings. The molecule has 2 aromatic rings. The fourth-order valence-electron chi connectivity index (χ4n) is 3.98. The molecule has 4 nitrogen and oxygen atoms in total. The van der Waals surface area contributed by atoms with E-state index in [2.05, 4.69) is 0 Å². The Morgan fingerprint density at radius 1 is 1.20 bits per heavy atom. The van der Waals surface area contributed by atoms with E-state index in [1.807, 2.05) is 67.0 Å². The molecule has 130 valence electrons. The zero-order valence-corrected chi connectivity index (χ0v) is 15.4. The second-order valence-electron chi connectivity index (χ2n) is 6.82. The van der Waals surface area contributed by atoms with Crippen molar-refractivity contribution in [1.29, 1.82) is 0 Å². The molecule has 0 unspecified atom stereocenters. The van der Waals surface area contributed by atoms with Crippen LogP contribution < -0.4 is 4.90 Å². The SMILES string of the molecule is C[C@@H](C(=O)N(C)C1CCSCC1)N1C(=O)c2cccc3cccc1c23. The number of hydrogen-bond donors (Lipinski definition) is 0. The first-order valence-corrected chi connectivity index (χ1v) is 9.95. The van der Waals surface area contributed by atoms with Crippen molar-refractivity contribution >= 4 is 40.0 Å². The van der Waals surface area contributed by atoms with Gasteiger partial charge >= 0.3 is 0 Å². The van der Waals surface area contributed by atoms with Crippen LogP contribution in [0.2, 0.25) is 0 Å². The highest BCUT2D eigenvalue weighted by molar-refractivity contribution is 7.99. The van der Waals surface area contributed by atoms with Gasteiger partial charge in [-0.2, -0.15) is 11.8 Å². The van der Waals surface area contributed by atoms with Gasteiger partial charge in [-0.1, -0.05) is 24.3 Å². The van der Waals surface area contributed by atoms with Crippen molar-refractivity contribution in [3.63, 3.8) is 0 Å². The quantitative estimate of drug-likeness (QED) is 0.846. The molecule has 0 aliphatic carbocycles. The van der Waals surface area contributed by atoms with Crippen molar-refractivity contribution in [2.24, 2.45) is 0 Å². The van der Waals surface area contributed by atoms with Crippen LogP contribution in [-0.2, 0) is 4.79 Å². The van der Waals surface area contributed by atoms with E-state index < -0.39 is 6.04 Å². The summed E-state index contributed by atoms with van der Waals surface area (Å²) in [6.07, 6.45) is 2.06. The van der Waals surface area contributed by atoms with Gasteiger partial charge in [0.05, 0.1) is 5.69 Å². The minimum absolute atomic E-state index is 0.0232. The molecule has 0 saturated carbocycles. The molecule has 2 amide bonds. The average Bonchev–Trinajstić information content (AvgIpc) is 2.95. The van der Waals surface area contributed by atoms with Gasteiger partial charge in [-0.25, -0.2) is 0 Å². The molecule has 2 aromatic carbocycles. The molecule has 25 heavy (non-hydrogen) atoms. The molecule has 5 heteroatoms. The molecule has 1 atom stereocenters. The summed E-state index contributed by atoms with van der Waals surface area (Å²) in [5.41, 5.74) is 1.55. The molecule has 0 bridgehead atoms. The molecule has 0 spiro atoms. The lowest BCUT2D eigenvalue weighted by Gasteiger charge is -2.35. The number of amides is 2. The van der Waals surface area contributed by atoms with Crippen molar-refractivity contribution in [3.8, 4) is 0 Å². The summed E-state index contributed by atoms with van der Waals surface area (Å²) >= 11 is 1.95. The van der Waals surface area contributed by atoms with Crippen LogP contribution in [0, 0.1) is 0 Å². The lowest BCUT2D eigenvalue weighted by atomic mass is 10.1. The average molecular weight is 354 g/mol. The Labute approximate surface area is 152 Å². The van der Waals surface area contributed by atoms with E-state index in [1.165, 1.54) is 0 Å².